The normalized spacial score (nSPS) is 11.2. The molecule has 1 N–H and O–H groups in total. The molecule has 0 saturated heterocycles. The van der Waals surface area contributed by atoms with Crippen LogP contribution in [0.15, 0.2) is 51.9 Å². The lowest BCUT2D eigenvalue weighted by atomic mass is 10.1. The molecule has 0 saturated carbocycles. The quantitative estimate of drug-likeness (QED) is 0.478. The number of nitrogens with zero attached hydrogens (tertiary/aromatic N) is 4. The number of hydrogen-bond donors (Lipinski definition) is 1. The van der Waals surface area contributed by atoms with Crippen LogP contribution >= 0.6 is 15.9 Å². The van der Waals surface area contributed by atoms with Gasteiger partial charge in [-0.3, -0.25) is 14.3 Å². The van der Waals surface area contributed by atoms with Crippen LogP contribution in [-0.2, 0) is 17.9 Å². The smallest absolute Gasteiger partial charge is 0.325 e. The molecule has 0 aliphatic carbocycles. The summed E-state index contributed by atoms with van der Waals surface area (Å²) in [4.78, 5) is 23.7. The molecule has 9 heteroatoms. The predicted octanol–water partition coefficient (Wildman–Crippen LogP) is 3.04. The molecule has 0 unspecified atom stereocenters. The summed E-state index contributed by atoms with van der Waals surface area (Å²) in [5.74, 6) is -0.392. The van der Waals surface area contributed by atoms with E-state index in [0.29, 0.717) is 23.1 Å². The van der Waals surface area contributed by atoms with Crippen molar-refractivity contribution in [3.8, 4) is 5.75 Å². The Morgan fingerprint density at radius 3 is 2.69 bits per heavy atom. The first-order valence-electron chi connectivity index (χ1n) is 8.96. The van der Waals surface area contributed by atoms with Gasteiger partial charge >= 0.3 is 5.97 Å². The van der Waals surface area contributed by atoms with Crippen molar-refractivity contribution < 1.29 is 14.6 Å². The Hall–Kier alpha value is -3.20. The molecular formula is C20H17BrN4O4. The third kappa shape index (κ3) is 3.73. The second-order valence-electron chi connectivity index (χ2n) is 6.45. The minimum Gasteiger partial charge on any atom is -0.493 e. The molecule has 148 valence electrons. The maximum atomic E-state index is 12.5. The summed E-state index contributed by atoms with van der Waals surface area (Å²) >= 11 is 3.49. The lowest BCUT2D eigenvalue weighted by Crippen LogP contribution is -2.28. The predicted molar refractivity (Wildman–Crippen MR) is 111 cm³/mol. The number of ether oxygens (including phenoxy) is 1. The van der Waals surface area contributed by atoms with Crippen LogP contribution in [0, 0.1) is 0 Å². The Bertz CT molecular complexity index is 1300. The summed E-state index contributed by atoms with van der Waals surface area (Å²) in [6.45, 7) is 2.27. The Labute approximate surface area is 173 Å². The number of fused-ring (bicyclic) bond motifs is 2. The highest BCUT2D eigenvalue weighted by Crippen LogP contribution is 2.30. The van der Waals surface area contributed by atoms with Gasteiger partial charge < -0.3 is 9.84 Å². The summed E-state index contributed by atoms with van der Waals surface area (Å²) in [5.41, 5.74) is 0.921. The first-order chi connectivity index (χ1) is 14.0. The molecule has 0 aliphatic heterocycles. The molecule has 29 heavy (non-hydrogen) atoms. The van der Waals surface area contributed by atoms with Gasteiger partial charge in [-0.25, -0.2) is 4.68 Å². The zero-order valence-electron chi connectivity index (χ0n) is 15.5. The van der Waals surface area contributed by atoms with Crippen molar-refractivity contribution in [3.63, 3.8) is 0 Å². The molecule has 0 aliphatic rings. The number of carbonyl (C=O) groups is 1. The van der Waals surface area contributed by atoms with Gasteiger partial charge in [0.05, 0.1) is 34.2 Å². The number of halogens is 1. The fraction of sp³-hybridized carbons (Fsp3) is 0.200. The second kappa shape index (κ2) is 7.67. The average Bonchev–Trinajstić information content (AvgIpc) is 3.06. The third-order valence-corrected chi connectivity index (χ3v) is 5.07. The minimum atomic E-state index is -1.13. The Morgan fingerprint density at radius 2 is 1.97 bits per heavy atom. The lowest BCUT2D eigenvalue weighted by molar-refractivity contribution is -0.138. The number of aromatic nitrogens is 4. The van der Waals surface area contributed by atoms with E-state index in [1.807, 2.05) is 31.3 Å². The molecule has 0 radical (unpaired) electrons. The standard InChI is InChI=1S/C20H17BrN4O4/c1-2-29-18-7-12-9-24(22-16(12)8-15(18)21)10-17-13-5-3-4-6-14(13)20(28)25(23-17)11-19(26)27/h3-9H,2,10-11H2,1H3,(H,26,27). The van der Waals surface area contributed by atoms with E-state index < -0.39 is 18.1 Å². The summed E-state index contributed by atoms with van der Waals surface area (Å²) in [5, 5.41) is 20.0. The highest BCUT2D eigenvalue weighted by Gasteiger charge is 2.14. The third-order valence-electron chi connectivity index (χ3n) is 4.45. The van der Waals surface area contributed by atoms with Crippen LogP contribution in [0.4, 0.5) is 0 Å². The first-order valence-corrected chi connectivity index (χ1v) is 9.75. The summed E-state index contributed by atoms with van der Waals surface area (Å²) in [6.07, 6.45) is 1.87. The van der Waals surface area contributed by atoms with Crippen molar-refractivity contribution in [3.05, 3.63) is 63.1 Å². The van der Waals surface area contributed by atoms with Crippen LogP contribution in [0.5, 0.6) is 5.75 Å². The second-order valence-corrected chi connectivity index (χ2v) is 7.30. The molecule has 0 bridgehead atoms. The molecule has 4 rings (SSSR count). The number of carboxylic acid groups (broad SMARTS) is 1. The zero-order chi connectivity index (χ0) is 20.5. The maximum Gasteiger partial charge on any atom is 0.325 e. The zero-order valence-corrected chi connectivity index (χ0v) is 17.1. The topological polar surface area (TPSA) is 99.2 Å². The van der Waals surface area contributed by atoms with Gasteiger partial charge in [-0.1, -0.05) is 18.2 Å². The van der Waals surface area contributed by atoms with E-state index in [1.165, 1.54) is 0 Å². The van der Waals surface area contributed by atoms with Crippen molar-refractivity contribution >= 4 is 43.6 Å². The fourth-order valence-electron chi connectivity index (χ4n) is 3.23. The van der Waals surface area contributed by atoms with E-state index in [1.54, 1.807) is 22.9 Å². The SMILES string of the molecule is CCOc1cc2cn(Cc3nn(CC(=O)O)c(=O)c4ccccc34)nc2cc1Br. The first kappa shape index (κ1) is 19.1. The molecule has 0 fully saturated rings. The van der Waals surface area contributed by atoms with Crippen molar-refractivity contribution in [1.29, 1.82) is 0 Å². The molecule has 0 spiro atoms. The highest BCUT2D eigenvalue weighted by atomic mass is 79.9. The van der Waals surface area contributed by atoms with Gasteiger partial charge in [0.1, 0.15) is 12.3 Å². The van der Waals surface area contributed by atoms with E-state index in [-0.39, 0.29) is 6.54 Å². The number of hydrogen-bond acceptors (Lipinski definition) is 5. The molecule has 2 aromatic heterocycles. The Balaban J connectivity index is 1.80. The number of carboxylic acids is 1. The highest BCUT2D eigenvalue weighted by molar-refractivity contribution is 9.10. The number of rotatable bonds is 6. The molecule has 0 amide bonds. The molecule has 4 aromatic rings. The average molecular weight is 457 g/mol. The van der Waals surface area contributed by atoms with E-state index in [0.717, 1.165) is 25.8 Å². The van der Waals surface area contributed by atoms with Gasteiger partial charge in [-0.15, -0.1) is 0 Å². The van der Waals surface area contributed by atoms with Crippen LogP contribution in [0.3, 0.4) is 0 Å². The van der Waals surface area contributed by atoms with Crippen LogP contribution in [0.1, 0.15) is 12.6 Å². The fourth-order valence-corrected chi connectivity index (χ4v) is 3.68. The molecular weight excluding hydrogens is 440 g/mol. The van der Waals surface area contributed by atoms with E-state index >= 15 is 0 Å². The van der Waals surface area contributed by atoms with Crippen LogP contribution in [-0.4, -0.2) is 37.2 Å². The Morgan fingerprint density at radius 1 is 1.21 bits per heavy atom. The molecule has 2 heterocycles. The summed E-state index contributed by atoms with van der Waals surface area (Å²) < 4.78 is 9.12. The number of benzene rings is 2. The van der Waals surface area contributed by atoms with Crippen LogP contribution in [0.2, 0.25) is 0 Å². The lowest BCUT2D eigenvalue weighted by Gasteiger charge is -2.09. The van der Waals surface area contributed by atoms with Gasteiger partial charge in [-0.05, 0) is 41.1 Å². The largest absolute Gasteiger partial charge is 0.493 e. The number of aliphatic carboxylic acids is 1. The molecule has 2 aromatic carbocycles. The van der Waals surface area contributed by atoms with E-state index in [4.69, 9.17) is 9.84 Å². The maximum absolute atomic E-state index is 12.5. The molecule has 8 nitrogen and oxygen atoms in total. The van der Waals surface area contributed by atoms with Gasteiger partial charge in [0.2, 0.25) is 0 Å². The van der Waals surface area contributed by atoms with Crippen molar-refractivity contribution in [2.24, 2.45) is 0 Å². The van der Waals surface area contributed by atoms with Crippen molar-refractivity contribution in [2.45, 2.75) is 20.0 Å². The van der Waals surface area contributed by atoms with Crippen molar-refractivity contribution in [2.75, 3.05) is 6.61 Å². The van der Waals surface area contributed by atoms with E-state index in [9.17, 15) is 9.59 Å². The van der Waals surface area contributed by atoms with Gasteiger partial charge in [0, 0.05) is 17.0 Å². The minimum absolute atomic E-state index is 0.288. The summed E-state index contributed by atoms with van der Waals surface area (Å²) in [6, 6.07) is 10.8. The van der Waals surface area contributed by atoms with Gasteiger partial charge in [0.15, 0.2) is 0 Å². The van der Waals surface area contributed by atoms with Gasteiger partial charge in [0.25, 0.3) is 5.56 Å². The monoisotopic (exact) mass is 456 g/mol. The van der Waals surface area contributed by atoms with Crippen LogP contribution < -0.4 is 10.3 Å². The summed E-state index contributed by atoms with van der Waals surface area (Å²) in [7, 11) is 0. The van der Waals surface area contributed by atoms with Crippen molar-refractivity contribution in [1.82, 2.24) is 19.6 Å². The Kier molecular flexibility index (Phi) is 5.06. The van der Waals surface area contributed by atoms with E-state index in [2.05, 4.69) is 26.1 Å². The van der Waals surface area contributed by atoms with Crippen LogP contribution in [0.25, 0.3) is 21.7 Å². The van der Waals surface area contributed by atoms with Gasteiger partial charge in [-0.2, -0.15) is 10.2 Å². The molecule has 0 atom stereocenters.